The highest BCUT2D eigenvalue weighted by molar-refractivity contribution is 5.74. The summed E-state index contributed by atoms with van der Waals surface area (Å²) in [6, 6.07) is 0.244. The third-order valence-electron chi connectivity index (χ3n) is 5.56. The molecule has 1 heterocycles. The van der Waals surface area contributed by atoms with Gasteiger partial charge in [-0.15, -0.1) is 0 Å². The smallest absolute Gasteiger partial charge is 0.315 e. The van der Waals surface area contributed by atoms with Crippen molar-refractivity contribution in [2.24, 2.45) is 17.3 Å². The van der Waals surface area contributed by atoms with Crippen LogP contribution in [0.1, 0.15) is 39.0 Å². The van der Waals surface area contributed by atoms with Gasteiger partial charge in [-0.25, -0.2) is 4.79 Å². The number of ether oxygens (including phenoxy) is 1. The summed E-state index contributed by atoms with van der Waals surface area (Å²) in [6.45, 7) is 3.69. The molecule has 3 N–H and O–H groups in total. The highest BCUT2D eigenvalue weighted by Gasteiger charge is 2.66. The second-order valence-corrected chi connectivity index (χ2v) is 6.78. The van der Waals surface area contributed by atoms with Gasteiger partial charge in [0.05, 0.1) is 6.10 Å². The normalized spacial score (nSPS) is 34.8. The molecule has 20 heavy (non-hydrogen) atoms. The summed E-state index contributed by atoms with van der Waals surface area (Å²) in [5.41, 5.74) is 0.245. The maximum atomic E-state index is 12.0. The van der Waals surface area contributed by atoms with Gasteiger partial charge in [-0.1, -0.05) is 13.3 Å². The van der Waals surface area contributed by atoms with Crippen molar-refractivity contribution in [3.8, 4) is 0 Å². The molecular weight excluding hydrogens is 256 g/mol. The summed E-state index contributed by atoms with van der Waals surface area (Å²) >= 11 is 0. The number of hydrogen-bond acceptors (Lipinski definition) is 3. The average Bonchev–Trinajstić information content (AvgIpc) is 2.77. The molecule has 4 unspecified atom stereocenters. The minimum Gasteiger partial charge on any atom is -0.396 e. The molecule has 114 valence electrons. The Kier molecular flexibility index (Phi) is 3.91. The van der Waals surface area contributed by atoms with E-state index in [1.165, 1.54) is 19.3 Å². The number of rotatable bonds is 5. The minimum atomic E-state index is -0.0589. The molecule has 5 nitrogen and oxygen atoms in total. The highest BCUT2D eigenvalue weighted by atomic mass is 16.5. The molecule has 1 aliphatic heterocycles. The number of nitrogens with one attached hydrogen (secondary N) is 2. The average molecular weight is 282 g/mol. The molecular formula is C15H26N2O3. The lowest BCUT2D eigenvalue weighted by Crippen LogP contribution is -2.72. The van der Waals surface area contributed by atoms with Gasteiger partial charge >= 0.3 is 6.03 Å². The van der Waals surface area contributed by atoms with Gasteiger partial charge in [-0.05, 0) is 31.6 Å². The van der Waals surface area contributed by atoms with Crippen molar-refractivity contribution in [1.29, 1.82) is 0 Å². The Labute approximate surface area is 120 Å². The van der Waals surface area contributed by atoms with Crippen molar-refractivity contribution in [3.05, 3.63) is 0 Å². The number of hydrogen-bond donors (Lipinski definition) is 3. The molecule has 5 heteroatoms. The number of amides is 2. The van der Waals surface area contributed by atoms with Crippen LogP contribution >= 0.6 is 0 Å². The molecule has 3 rings (SSSR count). The third-order valence-corrected chi connectivity index (χ3v) is 5.56. The lowest BCUT2D eigenvalue weighted by Gasteiger charge is -2.63. The van der Waals surface area contributed by atoms with Gasteiger partial charge in [-0.3, -0.25) is 0 Å². The van der Waals surface area contributed by atoms with Crippen LogP contribution in [-0.2, 0) is 4.74 Å². The lowest BCUT2D eigenvalue weighted by molar-refractivity contribution is -0.172. The predicted molar refractivity (Wildman–Crippen MR) is 75.3 cm³/mol. The van der Waals surface area contributed by atoms with Gasteiger partial charge in [0.25, 0.3) is 0 Å². The number of fused-ring (bicyclic) bond motifs is 2. The quantitative estimate of drug-likeness (QED) is 0.711. The molecule has 0 aromatic carbocycles. The van der Waals surface area contributed by atoms with Crippen molar-refractivity contribution >= 4 is 6.03 Å². The molecule has 1 saturated heterocycles. The summed E-state index contributed by atoms with van der Waals surface area (Å²) < 4.78 is 5.85. The van der Waals surface area contributed by atoms with E-state index in [0.29, 0.717) is 30.5 Å². The SMILES string of the molecule is CC(CCO)CNC(=O)NC1C2CCOC2C12CCC2. The van der Waals surface area contributed by atoms with E-state index in [0.717, 1.165) is 19.4 Å². The number of carbonyl (C=O) groups excluding carboxylic acids is 1. The molecule has 0 radical (unpaired) electrons. The van der Waals surface area contributed by atoms with Crippen LogP contribution in [0.3, 0.4) is 0 Å². The standard InChI is InChI=1S/C15H26N2O3/c1-10(3-7-18)9-16-14(19)17-12-11-4-8-20-13(11)15(12)5-2-6-15/h10-13,18H,2-9H2,1H3,(H2,16,17,19). The van der Waals surface area contributed by atoms with Gasteiger partial charge in [0.1, 0.15) is 0 Å². The maximum Gasteiger partial charge on any atom is 0.315 e. The van der Waals surface area contributed by atoms with Crippen LogP contribution in [0.2, 0.25) is 0 Å². The summed E-state index contributed by atoms with van der Waals surface area (Å²) in [6.07, 6.45) is 5.86. The van der Waals surface area contributed by atoms with Crippen LogP contribution in [0.15, 0.2) is 0 Å². The van der Waals surface area contributed by atoms with Crippen molar-refractivity contribution in [1.82, 2.24) is 10.6 Å². The van der Waals surface area contributed by atoms with E-state index in [1.54, 1.807) is 0 Å². The van der Waals surface area contributed by atoms with Crippen LogP contribution in [0.5, 0.6) is 0 Å². The molecule has 2 saturated carbocycles. The zero-order chi connectivity index (χ0) is 14.2. The first-order valence-electron chi connectivity index (χ1n) is 7.94. The Morgan fingerprint density at radius 1 is 1.50 bits per heavy atom. The fourth-order valence-electron chi connectivity index (χ4n) is 4.24. The lowest BCUT2D eigenvalue weighted by atomic mass is 9.46. The molecule has 0 aromatic rings. The minimum absolute atomic E-state index is 0.0589. The highest BCUT2D eigenvalue weighted by Crippen LogP contribution is 2.62. The van der Waals surface area contributed by atoms with E-state index in [2.05, 4.69) is 10.6 Å². The van der Waals surface area contributed by atoms with Crippen molar-refractivity contribution < 1.29 is 14.6 Å². The second-order valence-electron chi connectivity index (χ2n) is 6.78. The Balaban J connectivity index is 1.49. The number of aliphatic hydroxyl groups excluding tert-OH is 1. The zero-order valence-corrected chi connectivity index (χ0v) is 12.2. The van der Waals surface area contributed by atoms with E-state index in [9.17, 15) is 4.79 Å². The van der Waals surface area contributed by atoms with Crippen molar-refractivity contribution in [3.63, 3.8) is 0 Å². The van der Waals surface area contributed by atoms with Crippen LogP contribution in [0.4, 0.5) is 4.79 Å². The molecule has 3 fully saturated rings. The Hall–Kier alpha value is -0.810. The van der Waals surface area contributed by atoms with E-state index in [-0.39, 0.29) is 18.1 Å². The van der Waals surface area contributed by atoms with E-state index >= 15 is 0 Å². The van der Waals surface area contributed by atoms with Gasteiger partial charge in [0.15, 0.2) is 0 Å². The molecule has 4 atom stereocenters. The summed E-state index contributed by atoms with van der Waals surface area (Å²) in [5.74, 6) is 0.836. The summed E-state index contributed by atoms with van der Waals surface area (Å²) in [4.78, 5) is 12.0. The maximum absolute atomic E-state index is 12.0. The Morgan fingerprint density at radius 2 is 2.30 bits per heavy atom. The zero-order valence-electron chi connectivity index (χ0n) is 12.2. The number of carbonyl (C=O) groups is 1. The number of aliphatic hydroxyl groups is 1. The molecule has 3 aliphatic rings. The van der Waals surface area contributed by atoms with Crippen LogP contribution < -0.4 is 10.6 Å². The van der Waals surface area contributed by atoms with E-state index < -0.39 is 0 Å². The Bertz CT molecular complexity index is 370. The monoisotopic (exact) mass is 282 g/mol. The van der Waals surface area contributed by atoms with E-state index in [4.69, 9.17) is 9.84 Å². The first-order chi connectivity index (χ1) is 9.67. The second kappa shape index (κ2) is 5.53. The number of urea groups is 1. The van der Waals surface area contributed by atoms with Crippen molar-refractivity contribution in [2.45, 2.75) is 51.2 Å². The van der Waals surface area contributed by atoms with Gasteiger partial charge < -0.3 is 20.5 Å². The van der Waals surface area contributed by atoms with Crippen LogP contribution in [-0.4, -0.2) is 43.0 Å². The molecule has 0 aromatic heterocycles. The fraction of sp³-hybridized carbons (Fsp3) is 0.933. The molecule has 2 aliphatic carbocycles. The van der Waals surface area contributed by atoms with Crippen LogP contribution in [0.25, 0.3) is 0 Å². The first-order valence-corrected chi connectivity index (χ1v) is 7.94. The van der Waals surface area contributed by atoms with Gasteiger partial charge in [0.2, 0.25) is 0 Å². The first kappa shape index (κ1) is 14.1. The van der Waals surface area contributed by atoms with Crippen molar-refractivity contribution in [2.75, 3.05) is 19.8 Å². The van der Waals surface area contributed by atoms with Gasteiger partial charge in [0, 0.05) is 37.1 Å². The fourth-order valence-corrected chi connectivity index (χ4v) is 4.24. The Morgan fingerprint density at radius 3 is 2.95 bits per heavy atom. The molecule has 2 amide bonds. The molecule has 0 bridgehead atoms. The van der Waals surface area contributed by atoms with Crippen LogP contribution in [0, 0.1) is 17.3 Å². The summed E-state index contributed by atoms with van der Waals surface area (Å²) in [5, 5.41) is 15.0. The molecule has 1 spiro atoms. The predicted octanol–water partition coefficient (Wildman–Crippen LogP) is 1.26. The topological polar surface area (TPSA) is 70.6 Å². The van der Waals surface area contributed by atoms with E-state index in [1.807, 2.05) is 6.92 Å². The summed E-state index contributed by atoms with van der Waals surface area (Å²) in [7, 11) is 0. The third kappa shape index (κ3) is 2.21. The van der Waals surface area contributed by atoms with Gasteiger partial charge in [-0.2, -0.15) is 0 Å². The largest absolute Gasteiger partial charge is 0.396 e.